The number of ether oxygens (including phenoxy) is 1. The molecule has 0 saturated heterocycles. The Balaban J connectivity index is 1.44. The quantitative estimate of drug-likeness (QED) is 0.412. The second kappa shape index (κ2) is 7.23. The molecule has 4 aromatic rings. The third kappa shape index (κ3) is 3.72. The van der Waals surface area contributed by atoms with Gasteiger partial charge < -0.3 is 4.74 Å². The Hall–Kier alpha value is -3.06. The van der Waals surface area contributed by atoms with Crippen molar-refractivity contribution in [2.45, 2.75) is 12.8 Å². The highest BCUT2D eigenvalue weighted by atomic mass is 16.5. The van der Waals surface area contributed by atoms with Crippen LogP contribution in [-0.4, -0.2) is 0 Å². The molecular weight excluding hydrogens is 304 g/mol. The van der Waals surface area contributed by atoms with Gasteiger partial charge in [0.1, 0.15) is 11.5 Å². The van der Waals surface area contributed by atoms with Gasteiger partial charge in [0.15, 0.2) is 0 Å². The van der Waals surface area contributed by atoms with E-state index < -0.39 is 0 Å². The van der Waals surface area contributed by atoms with Crippen LogP contribution in [-0.2, 0) is 12.8 Å². The van der Waals surface area contributed by atoms with E-state index in [0.717, 1.165) is 24.3 Å². The summed E-state index contributed by atoms with van der Waals surface area (Å²) in [7, 11) is 0. The number of aryl methyl sites for hydroxylation is 2. The van der Waals surface area contributed by atoms with Gasteiger partial charge in [-0.3, -0.25) is 0 Å². The van der Waals surface area contributed by atoms with Crippen molar-refractivity contribution in [3.63, 3.8) is 0 Å². The first-order valence-corrected chi connectivity index (χ1v) is 8.67. The molecule has 4 rings (SSSR count). The van der Waals surface area contributed by atoms with E-state index in [9.17, 15) is 0 Å². The van der Waals surface area contributed by atoms with E-state index in [0.29, 0.717) is 0 Å². The van der Waals surface area contributed by atoms with Gasteiger partial charge in [-0.05, 0) is 59.0 Å². The van der Waals surface area contributed by atoms with Gasteiger partial charge in [0.2, 0.25) is 0 Å². The molecule has 1 heteroatoms. The van der Waals surface area contributed by atoms with Crippen molar-refractivity contribution >= 4 is 10.8 Å². The zero-order chi connectivity index (χ0) is 16.9. The van der Waals surface area contributed by atoms with Crippen LogP contribution in [0.5, 0.6) is 11.5 Å². The van der Waals surface area contributed by atoms with Crippen molar-refractivity contribution in [2.75, 3.05) is 0 Å². The Labute approximate surface area is 148 Å². The maximum Gasteiger partial charge on any atom is 0.127 e. The predicted octanol–water partition coefficient (Wildman–Crippen LogP) is 6.42. The first-order chi connectivity index (χ1) is 12.4. The molecule has 0 atom stereocenters. The Morgan fingerprint density at radius 1 is 0.520 bits per heavy atom. The number of hydrogen-bond acceptors (Lipinski definition) is 1. The fourth-order valence-electron chi connectivity index (χ4n) is 3.14. The van der Waals surface area contributed by atoms with E-state index in [1.807, 2.05) is 42.5 Å². The predicted molar refractivity (Wildman–Crippen MR) is 104 cm³/mol. The highest BCUT2D eigenvalue weighted by Crippen LogP contribution is 2.23. The average Bonchev–Trinajstić information content (AvgIpc) is 2.68. The molecule has 0 saturated carbocycles. The number of para-hydroxylation sites is 1. The molecule has 0 aliphatic carbocycles. The van der Waals surface area contributed by atoms with Gasteiger partial charge in [-0.2, -0.15) is 0 Å². The molecule has 0 bridgehead atoms. The second-order valence-corrected chi connectivity index (χ2v) is 6.20. The van der Waals surface area contributed by atoms with Crippen LogP contribution in [0.4, 0.5) is 0 Å². The molecule has 25 heavy (non-hydrogen) atoms. The topological polar surface area (TPSA) is 9.23 Å². The number of rotatable bonds is 5. The van der Waals surface area contributed by atoms with Crippen molar-refractivity contribution in [1.29, 1.82) is 0 Å². The van der Waals surface area contributed by atoms with Gasteiger partial charge in [0, 0.05) is 0 Å². The summed E-state index contributed by atoms with van der Waals surface area (Å²) in [5.74, 6) is 1.74. The lowest BCUT2D eigenvalue weighted by Crippen LogP contribution is -1.93. The maximum absolute atomic E-state index is 5.85. The maximum atomic E-state index is 5.85. The van der Waals surface area contributed by atoms with Crippen molar-refractivity contribution in [3.05, 3.63) is 108 Å². The van der Waals surface area contributed by atoms with Gasteiger partial charge in [0.05, 0.1) is 0 Å². The molecule has 0 fully saturated rings. The van der Waals surface area contributed by atoms with Gasteiger partial charge >= 0.3 is 0 Å². The minimum atomic E-state index is 0.867. The summed E-state index contributed by atoms with van der Waals surface area (Å²) in [6, 6.07) is 33.4. The smallest absolute Gasteiger partial charge is 0.127 e. The molecule has 1 nitrogen and oxygen atoms in total. The van der Waals surface area contributed by atoms with Gasteiger partial charge in [-0.15, -0.1) is 0 Å². The summed E-state index contributed by atoms with van der Waals surface area (Å²) in [5.41, 5.74) is 2.73. The largest absolute Gasteiger partial charge is 0.457 e. The van der Waals surface area contributed by atoms with Crippen LogP contribution in [0.2, 0.25) is 0 Å². The Morgan fingerprint density at radius 3 is 2.04 bits per heavy atom. The number of fused-ring (bicyclic) bond motifs is 1. The number of hydrogen-bond donors (Lipinski definition) is 0. The minimum absolute atomic E-state index is 0.867. The molecule has 0 aliphatic rings. The molecule has 0 spiro atoms. The molecule has 0 amide bonds. The monoisotopic (exact) mass is 324 g/mol. The fourth-order valence-corrected chi connectivity index (χ4v) is 3.14. The van der Waals surface area contributed by atoms with E-state index >= 15 is 0 Å². The Kier molecular flexibility index (Phi) is 4.47. The molecular formula is C24H20O. The summed E-state index contributed by atoms with van der Waals surface area (Å²) in [6.07, 6.45) is 2.07. The van der Waals surface area contributed by atoms with Gasteiger partial charge in [0.25, 0.3) is 0 Å². The fraction of sp³-hybridized carbons (Fsp3) is 0.0833. The van der Waals surface area contributed by atoms with E-state index in [1.54, 1.807) is 0 Å². The third-order valence-electron chi connectivity index (χ3n) is 4.47. The lowest BCUT2D eigenvalue weighted by Gasteiger charge is -2.08. The van der Waals surface area contributed by atoms with Crippen molar-refractivity contribution in [2.24, 2.45) is 0 Å². The molecule has 122 valence electrons. The summed E-state index contributed by atoms with van der Waals surface area (Å²) < 4.78 is 5.85. The van der Waals surface area contributed by atoms with Crippen LogP contribution in [0.3, 0.4) is 0 Å². The normalized spacial score (nSPS) is 10.7. The van der Waals surface area contributed by atoms with Crippen molar-refractivity contribution in [3.8, 4) is 11.5 Å². The van der Waals surface area contributed by atoms with Crippen LogP contribution in [0.15, 0.2) is 97.1 Å². The van der Waals surface area contributed by atoms with Gasteiger partial charge in [-0.25, -0.2) is 0 Å². The molecule has 0 heterocycles. The van der Waals surface area contributed by atoms with Crippen molar-refractivity contribution in [1.82, 2.24) is 0 Å². The van der Waals surface area contributed by atoms with E-state index in [4.69, 9.17) is 4.74 Å². The SMILES string of the molecule is c1ccc(Oc2ccc(CCc3cccc4ccccc34)cc2)cc1. The molecule has 0 aromatic heterocycles. The summed E-state index contributed by atoms with van der Waals surface area (Å²) in [6.45, 7) is 0. The van der Waals surface area contributed by atoms with Crippen LogP contribution < -0.4 is 4.74 Å². The van der Waals surface area contributed by atoms with E-state index in [-0.39, 0.29) is 0 Å². The summed E-state index contributed by atoms with van der Waals surface area (Å²) in [5, 5.41) is 2.67. The minimum Gasteiger partial charge on any atom is -0.457 e. The highest BCUT2D eigenvalue weighted by molar-refractivity contribution is 5.85. The molecule has 0 aliphatic heterocycles. The van der Waals surface area contributed by atoms with Crippen LogP contribution >= 0.6 is 0 Å². The van der Waals surface area contributed by atoms with E-state index in [1.165, 1.54) is 21.9 Å². The summed E-state index contributed by atoms with van der Waals surface area (Å²) >= 11 is 0. The summed E-state index contributed by atoms with van der Waals surface area (Å²) in [4.78, 5) is 0. The highest BCUT2D eigenvalue weighted by Gasteiger charge is 2.02. The standard InChI is InChI=1S/C24H20O/c1-2-10-22(11-3-1)25-23-17-14-19(15-18-23)13-16-21-9-6-8-20-7-4-5-12-24(20)21/h1-12,14-15,17-18H,13,16H2. The van der Waals surface area contributed by atoms with Crippen LogP contribution in [0.25, 0.3) is 10.8 Å². The zero-order valence-electron chi connectivity index (χ0n) is 14.1. The van der Waals surface area contributed by atoms with Gasteiger partial charge in [-0.1, -0.05) is 72.8 Å². The van der Waals surface area contributed by atoms with Crippen molar-refractivity contribution < 1.29 is 4.74 Å². The lowest BCUT2D eigenvalue weighted by molar-refractivity contribution is 0.482. The first kappa shape index (κ1) is 15.5. The lowest BCUT2D eigenvalue weighted by atomic mass is 9.98. The Bertz CT molecular complexity index is 951. The Morgan fingerprint density at radius 2 is 1.20 bits per heavy atom. The molecule has 0 N–H and O–H groups in total. The molecule has 0 unspecified atom stereocenters. The van der Waals surface area contributed by atoms with Crippen LogP contribution in [0, 0.1) is 0 Å². The van der Waals surface area contributed by atoms with Crippen LogP contribution in [0.1, 0.15) is 11.1 Å². The molecule has 4 aromatic carbocycles. The molecule has 0 radical (unpaired) electrons. The first-order valence-electron chi connectivity index (χ1n) is 8.67. The van der Waals surface area contributed by atoms with E-state index in [2.05, 4.69) is 54.6 Å². The average molecular weight is 324 g/mol. The number of benzene rings is 4. The third-order valence-corrected chi connectivity index (χ3v) is 4.47. The second-order valence-electron chi connectivity index (χ2n) is 6.20. The zero-order valence-corrected chi connectivity index (χ0v) is 14.1.